The molecule has 1 heterocycles. The van der Waals surface area contributed by atoms with Crippen LogP contribution >= 0.6 is 23.9 Å². The van der Waals surface area contributed by atoms with Gasteiger partial charge in [0.1, 0.15) is 0 Å². The van der Waals surface area contributed by atoms with Crippen molar-refractivity contribution in [1.82, 2.24) is 14.5 Å². The van der Waals surface area contributed by atoms with E-state index in [0.717, 1.165) is 6.42 Å². The van der Waals surface area contributed by atoms with Crippen LogP contribution in [-0.4, -0.2) is 40.0 Å². The third-order valence-corrected chi connectivity index (χ3v) is 3.28. The molecule has 108 valence electrons. The normalized spacial score (nSPS) is 9.85. The molecule has 1 amide bonds. The number of halogens is 1. The third kappa shape index (κ3) is 4.56. The van der Waals surface area contributed by atoms with Gasteiger partial charge in [0.2, 0.25) is 0 Å². The second-order valence-electron chi connectivity index (χ2n) is 4.11. The van der Waals surface area contributed by atoms with Crippen molar-refractivity contribution in [3.8, 4) is 0 Å². The van der Waals surface area contributed by atoms with Gasteiger partial charge in [-0.2, -0.15) is 0 Å². The van der Waals surface area contributed by atoms with Crippen molar-refractivity contribution in [3.05, 3.63) is 47.0 Å². The number of hydrogen-bond donors (Lipinski definition) is 1. The molecule has 0 fully saturated rings. The molecule has 1 aromatic carbocycles. The molecule has 0 unspecified atom stereocenters. The summed E-state index contributed by atoms with van der Waals surface area (Å²) >= 11 is 1.18. The molecule has 0 aliphatic heterocycles. The van der Waals surface area contributed by atoms with E-state index in [-0.39, 0.29) is 18.3 Å². The smallest absolute Gasteiger partial charge is 0.275 e. The monoisotopic (exact) mass is 312 g/mol. The van der Waals surface area contributed by atoms with E-state index in [2.05, 4.69) is 21.7 Å². The lowest BCUT2D eigenvalue weighted by Gasteiger charge is -2.20. The van der Waals surface area contributed by atoms with Crippen LogP contribution in [0, 0.1) is 0 Å². The third-order valence-electron chi connectivity index (χ3n) is 2.78. The molecule has 20 heavy (non-hydrogen) atoms. The number of aromatic nitrogens is 2. The van der Waals surface area contributed by atoms with Crippen LogP contribution in [0.3, 0.4) is 0 Å². The van der Waals surface area contributed by atoms with E-state index < -0.39 is 0 Å². The van der Waals surface area contributed by atoms with Gasteiger partial charge in [-0.1, -0.05) is 34.8 Å². The first kappa shape index (κ1) is 16.6. The topological polar surface area (TPSA) is 72.1 Å². The molecule has 0 bridgehead atoms. The van der Waals surface area contributed by atoms with Gasteiger partial charge in [-0.25, -0.2) is 0 Å². The van der Waals surface area contributed by atoms with Crippen LogP contribution < -0.4 is 5.73 Å². The minimum Gasteiger partial charge on any atom is -0.336 e. The molecule has 0 atom stereocenters. The van der Waals surface area contributed by atoms with E-state index in [0.29, 0.717) is 25.3 Å². The Morgan fingerprint density at radius 3 is 2.60 bits per heavy atom. The van der Waals surface area contributed by atoms with Gasteiger partial charge in [0.15, 0.2) is 5.69 Å². The summed E-state index contributed by atoms with van der Waals surface area (Å²) < 4.78 is 3.72. The number of hydrogen-bond acceptors (Lipinski definition) is 5. The second kappa shape index (κ2) is 8.63. The van der Waals surface area contributed by atoms with Crippen LogP contribution in [0.5, 0.6) is 0 Å². The summed E-state index contributed by atoms with van der Waals surface area (Å²) in [6, 6.07) is 10.1. The number of benzene rings is 1. The molecule has 5 nitrogen and oxygen atoms in total. The van der Waals surface area contributed by atoms with Crippen LogP contribution in [0.2, 0.25) is 0 Å². The Balaban J connectivity index is 0.00000200. The molecule has 0 radical (unpaired) electrons. The van der Waals surface area contributed by atoms with Crippen molar-refractivity contribution in [2.45, 2.75) is 6.42 Å². The molecule has 0 saturated heterocycles. The largest absolute Gasteiger partial charge is 0.336 e. The SMILES string of the molecule is Cl.NCCN(CCc1ccccc1)C(=O)c1csnn1. The maximum atomic E-state index is 12.2. The summed E-state index contributed by atoms with van der Waals surface area (Å²) in [5, 5.41) is 5.47. The molecule has 2 N–H and O–H groups in total. The molecule has 0 saturated carbocycles. The number of nitrogens with two attached hydrogens (primary N) is 1. The van der Waals surface area contributed by atoms with Gasteiger partial charge in [0, 0.05) is 25.0 Å². The van der Waals surface area contributed by atoms with Crippen molar-refractivity contribution in [2.75, 3.05) is 19.6 Å². The van der Waals surface area contributed by atoms with Crippen LogP contribution in [0.15, 0.2) is 35.7 Å². The van der Waals surface area contributed by atoms with Gasteiger partial charge in [-0.3, -0.25) is 4.79 Å². The minimum absolute atomic E-state index is 0. The molecular formula is C13H17ClN4OS. The summed E-state index contributed by atoms with van der Waals surface area (Å²) in [5.41, 5.74) is 7.16. The zero-order valence-corrected chi connectivity index (χ0v) is 12.6. The quantitative estimate of drug-likeness (QED) is 0.879. The average Bonchev–Trinajstić information content (AvgIpc) is 2.98. The van der Waals surface area contributed by atoms with Gasteiger partial charge in [0.05, 0.1) is 0 Å². The number of nitrogens with zero attached hydrogens (tertiary/aromatic N) is 3. The number of carbonyl (C=O) groups excluding carboxylic acids is 1. The van der Waals surface area contributed by atoms with Gasteiger partial charge >= 0.3 is 0 Å². The average molecular weight is 313 g/mol. The number of rotatable bonds is 6. The fourth-order valence-corrected chi connectivity index (χ4v) is 2.23. The molecular weight excluding hydrogens is 296 g/mol. The van der Waals surface area contributed by atoms with Crippen molar-refractivity contribution in [2.24, 2.45) is 5.73 Å². The first-order valence-electron chi connectivity index (χ1n) is 6.11. The highest BCUT2D eigenvalue weighted by Gasteiger charge is 2.17. The van der Waals surface area contributed by atoms with E-state index >= 15 is 0 Å². The Morgan fingerprint density at radius 2 is 2.00 bits per heavy atom. The number of amides is 1. The van der Waals surface area contributed by atoms with Crippen molar-refractivity contribution in [3.63, 3.8) is 0 Å². The van der Waals surface area contributed by atoms with E-state index in [1.165, 1.54) is 17.1 Å². The highest BCUT2D eigenvalue weighted by atomic mass is 35.5. The van der Waals surface area contributed by atoms with Crippen molar-refractivity contribution in [1.29, 1.82) is 0 Å². The van der Waals surface area contributed by atoms with Crippen LogP contribution in [0.1, 0.15) is 16.1 Å². The molecule has 0 aliphatic rings. The highest BCUT2D eigenvalue weighted by Crippen LogP contribution is 2.06. The first-order valence-corrected chi connectivity index (χ1v) is 6.95. The van der Waals surface area contributed by atoms with E-state index in [9.17, 15) is 4.79 Å². The predicted octanol–water partition coefficient (Wildman–Crippen LogP) is 1.60. The zero-order chi connectivity index (χ0) is 13.5. The molecule has 1 aromatic heterocycles. The van der Waals surface area contributed by atoms with Crippen molar-refractivity contribution < 1.29 is 4.79 Å². The molecule has 0 spiro atoms. The highest BCUT2D eigenvalue weighted by molar-refractivity contribution is 7.03. The van der Waals surface area contributed by atoms with E-state index in [1.54, 1.807) is 10.3 Å². The van der Waals surface area contributed by atoms with Crippen LogP contribution in [0.25, 0.3) is 0 Å². The Bertz CT molecular complexity index is 506. The van der Waals surface area contributed by atoms with Gasteiger partial charge in [0.25, 0.3) is 5.91 Å². The molecule has 2 aromatic rings. The maximum Gasteiger partial charge on any atom is 0.275 e. The van der Waals surface area contributed by atoms with Gasteiger partial charge < -0.3 is 10.6 Å². The fraction of sp³-hybridized carbons (Fsp3) is 0.308. The van der Waals surface area contributed by atoms with E-state index in [1.807, 2.05) is 18.2 Å². The fourth-order valence-electron chi connectivity index (χ4n) is 1.80. The summed E-state index contributed by atoms with van der Waals surface area (Å²) in [5.74, 6) is -0.102. The summed E-state index contributed by atoms with van der Waals surface area (Å²) in [6.07, 6.45) is 0.810. The zero-order valence-electron chi connectivity index (χ0n) is 10.9. The molecule has 2 rings (SSSR count). The van der Waals surface area contributed by atoms with Crippen LogP contribution in [0.4, 0.5) is 0 Å². The van der Waals surface area contributed by atoms with Crippen LogP contribution in [-0.2, 0) is 6.42 Å². The Kier molecular flexibility index (Phi) is 7.14. The van der Waals surface area contributed by atoms with Gasteiger partial charge in [-0.15, -0.1) is 17.5 Å². The minimum atomic E-state index is -0.102. The Labute approximate surface area is 128 Å². The Morgan fingerprint density at radius 1 is 1.25 bits per heavy atom. The van der Waals surface area contributed by atoms with Crippen molar-refractivity contribution >= 4 is 29.8 Å². The summed E-state index contributed by atoms with van der Waals surface area (Å²) in [4.78, 5) is 13.9. The van der Waals surface area contributed by atoms with E-state index in [4.69, 9.17) is 5.73 Å². The second-order valence-corrected chi connectivity index (χ2v) is 4.72. The first-order chi connectivity index (χ1) is 9.31. The maximum absolute atomic E-state index is 12.2. The molecule has 7 heteroatoms. The predicted molar refractivity (Wildman–Crippen MR) is 82.3 cm³/mol. The summed E-state index contributed by atoms with van der Waals surface area (Å²) in [6.45, 7) is 1.61. The standard InChI is InChI=1S/C13H16N4OS.ClH/c14-7-9-17(13(18)12-10-19-16-15-12)8-6-11-4-2-1-3-5-11;/h1-5,10H,6-9,14H2;1H. The lowest BCUT2D eigenvalue weighted by molar-refractivity contribution is 0.0756. The van der Waals surface area contributed by atoms with Gasteiger partial charge in [-0.05, 0) is 23.5 Å². The lowest BCUT2D eigenvalue weighted by atomic mass is 10.1. The Hall–Kier alpha value is -1.50. The number of carbonyl (C=O) groups is 1. The summed E-state index contributed by atoms with van der Waals surface area (Å²) in [7, 11) is 0. The lowest BCUT2D eigenvalue weighted by Crippen LogP contribution is -2.37. The molecule has 0 aliphatic carbocycles.